The first-order chi connectivity index (χ1) is 13.4. The molecule has 0 bridgehead atoms. The Labute approximate surface area is 163 Å². The third kappa shape index (κ3) is 3.88. The smallest absolute Gasteiger partial charge is 0.281 e. The van der Waals surface area contributed by atoms with E-state index in [4.69, 9.17) is 4.74 Å². The Morgan fingerprint density at radius 1 is 1.04 bits per heavy atom. The molecule has 0 aliphatic carbocycles. The Kier molecular flexibility index (Phi) is 5.57. The third-order valence-electron chi connectivity index (χ3n) is 5.52. The molecule has 2 saturated heterocycles. The maximum absolute atomic E-state index is 12.7. The summed E-state index contributed by atoms with van der Waals surface area (Å²) in [5.41, 5.74) is 0.715. The number of hydrogen-bond donors (Lipinski definition) is 0. The van der Waals surface area contributed by atoms with Gasteiger partial charge in [0.2, 0.25) is 0 Å². The van der Waals surface area contributed by atoms with E-state index >= 15 is 0 Å². The number of alkyl halides is 2. The molecular weight excluding hydrogens is 388 g/mol. The second kappa shape index (κ2) is 7.96. The number of piperidine rings is 1. The molecule has 2 aromatic rings. The summed E-state index contributed by atoms with van der Waals surface area (Å²) in [6.45, 7) is 1.74. The average molecular weight is 413 g/mol. The molecule has 2 aliphatic heterocycles. The van der Waals surface area contributed by atoms with E-state index in [1.54, 1.807) is 33.0 Å². The Balaban J connectivity index is 1.42. The predicted molar refractivity (Wildman–Crippen MR) is 103 cm³/mol. The minimum absolute atomic E-state index is 0.0888. The number of ether oxygens (including phenoxy) is 1. The van der Waals surface area contributed by atoms with Gasteiger partial charge >= 0.3 is 0 Å². The Morgan fingerprint density at radius 2 is 1.71 bits per heavy atom. The summed E-state index contributed by atoms with van der Waals surface area (Å²) in [7, 11) is -3.36. The van der Waals surface area contributed by atoms with E-state index < -0.39 is 16.6 Å². The van der Waals surface area contributed by atoms with Crippen molar-refractivity contribution in [3.8, 4) is 5.75 Å². The lowest BCUT2D eigenvalue weighted by Crippen LogP contribution is -2.47. The first kappa shape index (κ1) is 19.6. The second-order valence-corrected chi connectivity index (χ2v) is 9.31. The molecule has 4 rings (SSSR count). The summed E-state index contributed by atoms with van der Waals surface area (Å²) in [6, 6.07) is 7.23. The van der Waals surface area contributed by atoms with Crippen LogP contribution in [0.5, 0.6) is 5.75 Å². The molecule has 0 amide bonds. The van der Waals surface area contributed by atoms with Crippen molar-refractivity contribution in [2.45, 2.75) is 44.8 Å². The maximum Gasteiger partial charge on any atom is 0.281 e. The van der Waals surface area contributed by atoms with Crippen molar-refractivity contribution in [2.75, 3.05) is 26.2 Å². The summed E-state index contributed by atoms with van der Waals surface area (Å²) in [4.78, 5) is 0. The fourth-order valence-corrected chi connectivity index (χ4v) is 5.77. The van der Waals surface area contributed by atoms with Crippen molar-refractivity contribution < 1.29 is 21.9 Å². The molecule has 0 radical (unpaired) electrons. The van der Waals surface area contributed by atoms with E-state index in [1.165, 1.54) is 4.57 Å². The van der Waals surface area contributed by atoms with Crippen molar-refractivity contribution in [1.82, 2.24) is 13.2 Å². The highest BCUT2D eigenvalue weighted by atomic mass is 32.2. The molecule has 0 N–H and O–H groups in total. The molecule has 9 heteroatoms. The minimum Gasteiger partial charge on any atom is -0.490 e. The highest BCUT2D eigenvalue weighted by Gasteiger charge is 2.34. The van der Waals surface area contributed by atoms with Crippen LogP contribution in [0, 0.1) is 0 Å². The quantitative estimate of drug-likeness (QED) is 0.731. The predicted octanol–water partition coefficient (Wildman–Crippen LogP) is 3.09. The zero-order valence-electron chi connectivity index (χ0n) is 15.6. The lowest BCUT2D eigenvalue weighted by Gasteiger charge is -2.33. The van der Waals surface area contributed by atoms with Crippen LogP contribution < -0.4 is 4.74 Å². The van der Waals surface area contributed by atoms with Crippen molar-refractivity contribution >= 4 is 21.1 Å². The first-order valence-corrected chi connectivity index (χ1v) is 11.1. The number of benzene rings is 1. The number of halogens is 2. The Hall–Kier alpha value is -1.71. The van der Waals surface area contributed by atoms with Crippen molar-refractivity contribution in [3.05, 3.63) is 30.5 Å². The van der Waals surface area contributed by atoms with Crippen LogP contribution >= 0.6 is 0 Å². The molecule has 1 aromatic carbocycles. The van der Waals surface area contributed by atoms with Gasteiger partial charge in [0.25, 0.3) is 16.6 Å². The number of hydrogen-bond acceptors (Lipinski definition) is 3. The molecule has 0 spiro atoms. The third-order valence-corrected chi connectivity index (χ3v) is 7.56. The van der Waals surface area contributed by atoms with Crippen molar-refractivity contribution in [2.24, 2.45) is 0 Å². The van der Waals surface area contributed by atoms with Crippen molar-refractivity contribution in [1.29, 1.82) is 0 Å². The van der Waals surface area contributed by atoms with E-state index in [0.29, 0.717) is 50.3 Å². The molecule has 2 aliphatic rings. The molecule has 154 valence electrons. The zero-order valence-corrected chi connectivity index (χ0v) is 16.5. The summed E-state index contributed by atoms with van der Waals surface area (Å²) in [6.07, 6.45) is 2.22. The molecule has 3 heterocycles. The minimum atomic E-state index is -3.36. The molecule has 0 unspecified atom stereocenters. The van der Waals surface area contributed by atoms with Gasteiger partial charge in [0.05, 0.1) is 12.1 Å². The van der Waals surface area contributed by atoms with Crippen LogP contribution in [0.3, 0.4) is 0 Å². The number of fused-ring (bicyclic) bond motifs is 1. The normalized spacial score (nSPS) is 20.4. The van der Waals surface area contributed by atoms with Gasteiger partial charge < -0.3 is 9.30 Å². The first-order valence-electron chi connectivity index (χ1n) is 9.73. The Morgan fingerprint density at radius 3 is 2.39 bits per heavy atom. The van der Waals surface area contributed by atoms with Gasteiger partial charge in [-0.3, -0.25) is 0 Å². The van der Waals surface area contributed by atoms with Gasteiger partial charge in [-0.1, -0.05) is 6.07 Å². The highest BCUT2D eigenvalue weighted by molar-refractivity contribution is 7.86. The fraction of sp³-hybridized carbons (Fsp3) is 0.579. The number of aromatic nitrogens is 1. The number of nitrogens with zero attached hydrogens (tertiary/aromatic N) is 3. The second-order valence-electron chi connectivity index (χ2n) is 7.38. The lowest BCUT2D eigenvalue weighted by molar-refractivity contribution is 0.128. The summed E-state index contributed by atoms with van der Waals surface area (Å²) in [5.74, 6) is 0.659. The fourth-order valence-electron chi connectivity index (χ4n) is 4.05. The molecule has 0 atom stereocenters. The Bertz CT molecular complexity index is 918. The van der Waals surface area contributed by atoms with Gasteiger partial charge in [-0.2, -0.15) is 17.0 Å². The largest absolute Gasteiger partial charge is 0.490 e. The van der Waals surface area contributed by atoms with Gasteiger partial charge in [0, 0.05) is 37.8 Å². The van der Waals surface area contributed by atoms with E-state index in [-0.39, 0.29) is 12.6 Å². The van der Waals surface area contributed by atoms with Crippen LogP contribution in [-0.2, 0) is 16.8 Å². The van der Waals surface area contributed by atoms with Gasteiger partial charge in [-0.15, -0.1) is 0 Å². The number of rotatable bonds is 6. The van der Waals surface area contributed by atoms with Crippen LogP contribution in [0.1, 0.15) is 25.7 Å². The van der Waals surface area contributed by atoms with Gasteiger partial charge in [-0.05, 0) is 43.9 Å². The topological polar surface area (TPSA) is 54.8 Å². The molecular formula is C19H25F2N3O3S. The van der Waals surface area contributed by atoms with Gasteiger partial charge in [0.15, 0.2) is 0 Å². The molecule has 6 nitrogen and oxygen atoms in total. The van der Waals surface area contributed by atoms with Crippen LogP contribution in [0.25, 0.3) is 10.9 Å². The highest BCUT2D eigenvalue weighted by Crippen LogP contribution is 2.30. The standard InChI is InChI=1S/C19H25F2N3O3S/c20-19(21)14-22-11-8-16-17(22)4-3-5-18(16)27-15-6-12-24(13-7-15)28(25,26)23-9-1-2-10-23/h3-5,8,11,15,19H,1-2,6-7,9-10,12-14H2. The van der Waals surface area contributed by atoms with Crippen molar-refractivity contribution in [3.63, 3.8) is 0 Å². The summed E-state index contributed by atoms with van der Waals surface area (Å²) >= 11 is 0. The summed E-state index contributed by atoms with van der Waals surface area (Å²) < 4.78 is 61.6. The van der Waals surface area contributed by atoms with E-state index in [0.717, 1.165) is 18.2 Å². The molecule has 1 aromatic heterocycles. The van der Waals surface area contributed by atoms with E-state index in [2.05, 4.69) is 0 Å². The maximum atomic E-state index is 12.7. The summed E-state index contributed by atoms with van der Waals surface area (Å²) in [5, 5.41) is 0.801. The van der Waals surface area contributed by atoms with Crippen LogP contribution in [0.15, 0.2) is 30.5 Å². The van der Waals surface area contributed by atoms with E-state index in [9.17, 15) is 17.2 Å². The SMILES string of the molecule is O=S(=O)(N1CCCC1)N1CCC(Oc2cccc3c2ccn3CC(F)F)CC1. The van der Waals surface area contributed by atoms with Gasteiger partial charge in [0.1, 0.15) is 11.9 Å². The van der Waals surface area contributed by atoms with Crippen LogP contribution in [-0.4, -0.2) is 60.3 Å². The molecule has 2 fully saturated rings. The van der Waals surface area contributed by atoms with Crippen LogP contribution in [0.4, 0.5) is 8.78 Å². The van der Waals surface area contributed by atoms with Crippen LogP contribution in [0.2, 0.25) is 0 Å². The van der Waals surface area contributed by atoms with Gasteiger partial charge in [-0.25, -0.2) is 8.78 Å². The zero-order chi connectivity index (χ0) is 19.7. The van der Waals surface area contributed by atoms with E-state index in [1.807, 2.05) is 6.07 Å². The average Bonchev–Trinajstić information content (AvgIpc) is 3.33. The molecule has 28 heavy (non-hydrogen) atoms. The molecule has 0 saturated carbocycles. The monoisotopic (exact) mass is 413 g/mol. The lowest BCUT2D eigenvalue weighted by atomic mass is 10.1.